The number of halogens is 3. The standard InChI is InChI=1S/C24H21F3N6O7S2/c25-24(26,27)13-3-1-11(2-4-13)14(34)7-28-18-20(37)32-19(22(38)39)12(10-42-21(18)32)9-41-16-6-5-15-29-31(8-17(35)36)23(40)33(15)30-16/h1-6,14,18,21,28,34H,7-10H2,(H,35,36)(H,38,39)/t14?,18?,21-/m0/s1. The van der Waals surface area contributed by atoms with E-state index in [9.17, 15) is 42.6 Å². The number of nitrogens with zero attached hydrogens (tertiary/aromatic N) is 5. The zero-order chi connectivity index (χ0) is 30.3. The Labute approximate surface area is 242 Å². The third-order valence-electron chi connectivity index (χ3n) is 6.50. The minimum Gasteiger partial charge on any atom is -0.480 e. The zero-order valence-corrected chi connectivity index (χ0v) is 22.8. The van der Waals surface area contributed by atoms with Crippen LogP contribution in [0.4, 0.5) is 13.2 Å². The third kappa shape index (κ3) is 5.74. The van der Waals surface area contributed by atoms with Crippen LogP contribution in [0.3, 0.4) is 0 Å². The first kappa shape index (κ1) is 29.6. The first-order chi connectivity index (χ1) is 19.8. The van der Waals surface area contributed by atoms with Gasteiger partial charge in [-0.2, -0.15) is 27.5 Å². The van der Waals surface area contributed by atoms with Crippen LogP contribution in [-0.2, 0) is 27.1 Å². The normalized spacial score (nSPS) is 19.5. The van der Waals surface area contributed by atoms with E-state index in [4.69, 9.17) is 5.11 Å². The van der Waals surface area contributed by atoms with Crippen LogP contribution < -0.4 is 11.0 Å². The molecule has 0 saturated carbocycles. The molecular formula is C24H21F3N6O7S2. The van der Waals surface area contributed by atoms with E-state index in [1.54, 1.807) is 6.07 Å². The van der Waals surface area contributed by atoms with Crippen LogP contribution in [0, 0.1) is 0 Å². The number of carbonyl (C=O) groups excluding carboxylic acids is 1. The number of carboxylic acid groups (broad SMARTS) is 2. The van der Waals surface area contributed by atoms with Crippen molar-refractivity contribution in [3.63, 3.8) is 0 Å². The summed E-state index contributed by atoms with van der Waals surface area (Å²) in [6, 6.07) is 6.23. The van der Waals surface area contributed by atoms with Crippen molar-refractivity contribution in [3.8, 4) is 0 Å². The number of aliphatic carboxylic acids is 2. The Morgan fingerprint density at radius 2 is 1.83 bits per heavy atom. The predicted molar refractivity (Wildman–Crippen MR) is 142 cm³/mol. The van der Waals surface area contributed by atoms with Gasteiger partial charge in [-0.05, 0) is 35.4 Å². The van der Waals surface area contributed by atoms with Crippen LogP contribution in [0.15, 0.2) is 57.5 Å². The summed E-state index contributed by atoms with van der Waals surface area (Å²) in [6.07, 6.45) is -5.70. The SMILES string of the molecule is O=C(O)Cn1nc2ccc(SCC3=C(C(=O)O)N4C(=O)C(NCC(O)c5ccc(C(F)(F)F)cc5)[C@@H]4SC3)nn2c1=O. The Bertz CT molecular complexity index is 1660. The minimum atomic E-state index is -4.51. The Balaban J connectivity index is 1.24. The van der Waals surface area contributed by atoms with Crippen molar-refractivity contribution < 1.29 is 42.9 Å². The molecule has 13 nitrogen and oxygen atoms in total. The molecule has 0 spiro atoms. The number of thioether (sulfide) groups is 2. The summed E-state index contributed by atoms with van der Waals surface area (Å²) in [5.74, 6) is -2.68. The Kier molecular flexibility index (Phi) is 8.06. The van der Waals surface area contributed by atoms with Crippen LogP contribution in [0.5, 0.6) is 0 Å². The molecule has 2 aliphatic heterocycles. The molecule has 0 bridgehead atoms. The maximum Gasteiger partial charge on any atom is 0.416 e. The lowest BCUT2D eigenvalue weighted by molar-refractivity contribution is -0.149. The number of hydrogen-bond acceptors (Lipinski definition) is 10. The van der Waals surface area contributed by atoms with E-state index in [0.29, 0.717) is 10.6 Å². The maximum atomic E-state index is 12.9. The van der Waals surface area contributed by atoms with Crippen LogP contribution >= 0.6 is 23.5 Å². The van der Waals surface area contributed by atoms with Gasteiger partial charge in [-0.25, -0.2) is 9.59 Å². The number of carbonyl (C=O) groups is 3. The van der Waals surface area contributed by atoms with Gasteiger partial charge in [0.05, 0.1) is 11.7 Å². The summed E-state index contributed by atoms with van der Waals surface area (Å²) in [5.41, 5.74) is -0.964. The Morgan fingerprint density at radius 1 is 1.12 bits per heavy atom. The lowest BCUT2D eigenvalue weighted by Gasteiger charge is -2.49. The van der Waals surface area contributed by atoms with E-state index >= 15 is 0 Å². The van der Waals surface area contributed by atoms with Crippen molar-refractivity contribution in [2.24, 2.45) is 0 Å². The van der Waals surface area contributed by atoms with Crippen LogP contribution in [0.2, 0.25) is 0 Å². The molecule has 2 unspecified atom stereocenters. The molecule has 5 rings (SSSR count). The highest BCUT2D eigenvalue weighted by Gasteiger charge is 2.53. The van der Waals surface area contributed by atoms with Gasteiger partial charge in [-0.1, -0.05) is 12.1 Å². The van der Waals surface area contributed by atoms with Gasteiger partial charge in [0.2, 0.25) is 5.91 Å². The van der Waals surface area contributed by atoms with Crippen LogP contribution in [0.25, 0.3) is 5.65 Å². The molecule has 2 aromatic heterocycles. The molecule has 42 heavy (non-hydrogen) atoms. The average Bonchev–Trinajstić information content (AvgIpc) is 3.24. The molecule has 18 heteroatoms. The summed E-state index contributed by atoms with van der Waals surface area (Å²) in [5, 5.41) is 39.9. The number of fused-ring (bicyclic) bond motifs is 2. The molecule has 1 fully saturated rings. The van der Waals surface area contributed by atoms with Gasteiger partial charge in [0.1, 0.15) is 28.7 Å². The number of alkyl halides is 3. The largest absolute Gasteiger partial charge is 0.480 e. The van der Waals surface area contributed by atoms with Gasteiger partial charge in [0.15, 0.2) is 5.65 Å². The number of nitrogens with one attached hydrogen (secondary N) is 1. The monoisotopic (exact) mass is 626 g/mol. The highest BCUT2D eigenvalue weighted by molar-refractivity contribution is 8.01. The predicted octanol–water partition coefficient (Wildman–Crippen LogP) is 1.03. The van der Waals surface area contributed by atoms with Gasteiger partial charge in [-0.3, -0.25) is 14.5 Å². The van der Waals surface area contributed by atoms with Gasteiger partial charge in [0.25, 0.3) is 0 Å². The second kappa shape index (κ2) is 11.4. The summed E-state index contributed by atoms with van der Waals surface area (Å²) >= 11 is 2.43. The number of amides is 1. The molecule has 3 aromatic rings. The lowest BCUT2D eigenvalue weighted by atomic mass is 10.0. The Hall–Kier alpha value is -3.87. The number of benzene rings is 1. The molecule has 4 heterocycles. The van der Waals surface area contributed by atoms with Crippen molar-refractivity contribution in [2.45, 2.75) is 35.3 Å². The van der Waals surface area contributed by atoms with Crippen molar-refractivity contribution in [3.05, 3.63) is 69.3 Å². The molecule has 1 amide bonds. The number of β-lactam (4-membered cyclic amide) rings is 1. The molecule has 1 saturated heterocycles. The molecule has 3 atom stereocenters. The van der Waals surface area contributed by atoms with Gasteiger partial charge in [0, 0.05) is 18.1 Å². The van der Waals surface area contributed by atoms with Crippen molar-refractivity contribution >= 4 is 47.0 Å². The van der Waals surface area contributed by atoms with E-state index in [2.05, 4.69) is 15.5 Å². The van der Waals surface area contributed by atoms with E-state index in [1.807, 2.05) is 0 Å². The average molecular weight is 627 g/mol. The zero-order valence-electron chi connectivity index (χ0n) is 21.2. The molecule has 4 N–H and O–H groups in total. The second-order valence-corrected chi connectivity index (χ2v) is 11.4. The van der Waals surface area contributed by atoms with Crippen LogP contribution in [-0.4, -0.2) is 86.9 Å². The molecule has 1 aromatic carbocycles. The third-order valence-corrected chi connectivity index (χ3v) is 8.84. The number of aliphatic hydroxyl groups excluding tert-OH is 1. The fraction of sp³-hybridized carbons (Fsp3) is 0.333. The van der Waals surface area contributed by atoms with E-state index in [-0.39, 0.29) is 35.0 Å². The summed E-state index contributed by atoms with van der Waals surface area (Å²) in [7, 11) is 0. The fourth-order valence-corrected chi connectivity index (χ4v) is 6.83. The number of rotatable bonds is 10. The highest BCUT2D eigenvalue weighted by atomic mass is 32.2. The molecular weight excluding hydrogens is 605 g/mol. The quantitative estimate of drug-likeness (QED) is 0.186. The van der Waals surface area contributed by atoms with Gasteiger partial charge < -0.3 is 20.6 Å². The number of aromatic nitrogens is 4. The van der Waals surface area contributed by atoms with Crippen molar-refractivity contribution in [2.75, 3.05) is 18.1 Å². The minimum absolute atomic E-state index is 0.131. The number of hydrogen-bond donors (Lipinski definition) is 4. The van der Waals surface area contributed by atoms with Gasteiger partial charge >= 0.3 is 23.8 Å². The summed E-state index contributed by atoms with van der Waals surface area (Å²) in [6.45, 7) is -0.774. The first-order valence-electron chi connectivity index (χ1n) is 12.1. The number of aliphatic hydroxyl groups is 1. The first-order valence-corrected chi connectivity index (χ1v) is 14.2. The number of carboxylic acids is 2. The molecule has 222 valence electrons. The van der Waals surface area contributed by atoms with Gasteiger partial charge in [-0.15, -0.1) is 28.6 Å². The molecule has 0 radical (unpaired) electrons. The van der Waals surface area contributed by atoms with E-state index < -0.39 is 59.3 Å². The lowest BCUT2D eigenvalue weighted by Crippen LogP contribution is -2.70. The van der Waals surface area contributed by atoms with E-state index in [0.717, 1.165) is 50.1 Å². The smallest absolute Gasteiger partial charge is 0.416 e. The topological polar surface area (TPSA) is 179 Å². The summed E-state index contributed by atoms with van der Waals surface area (Å²) in [4.78, 5) is 49.5. The van der Waals surface area contributed by atoms with Crippen LogP contribution in [0.1, 0.15) is 17.2 Å². The fourth-order valence-electron chi connectivity index (χ4n) is 4.46. The summed E-state index contributed by atoms with van der Waals surface area (Å²) < 4.78 is 40.1. The van der Waals surface area contributed by atoms with Crippen molar-refractivity contribution in [1.29, 1.82) is 0 Å². The second-order valence-electron chi connectivity index (χ2n) is 9.25. The van der Waals surface area contributed by atoms with E-state index in [1.165, 1.54) is 17.8 Å². The Morgan fingerprint density at radius 3 is 2.48 bits per heavy atom. The molecule has 0 aliphatic carbocycles. The molecule has 2 aliphatic rings. The highest BCUT2D eigenvalue weighted by Crippen LogP contribution is 2.41. The maximum absolute atomic E-state index is 12.9. The van der Waals surface area contributed by atoms with Crippen molar-refractivity contribution in [1.82, 2.24) is 29.6 Å².